The number of nitrogens with one attached hydrogen (secondary N) is 1. The highest BCUT2D eigenvalue weighted by Gasteiger charge is 2.25. The van der Waals surface area contributed by atoms with Gasteiger partial charge in [0.25, 0.3) is 0 Å². The quantitative estimate of drug-likeness (QED) is 0.890. The van der Waals surface area contributed by atoms with Gasteiger partial charge in [0.1, 0.15) is 5.75 Å². The lowest BCUT2D eigenvalue weighted by atomic mass is 9.87. The zero-order chi connectivity index (χ0) is 12.4. The average Bonchev–Trinajstić information content (AvgIpc) is 2.91. The summed E-state index contributed by atoms with van der Waals surface area (Å²) in [5, 5.41) is 3.74. The van der Waals surface area contributed by atoms with Crippen molar-refractivity contribution in [1.29, 1.82) is 0 Å². The first-order chi connectivity index (χ1) is 8.86. The van der Waals surface area contributed by atoms with E-state index in [2.05, 4.69) is 23.5 Å². The molecule has 0 bridgehead atoms. The van der Waals surface area contributed by atoms with Crippen molar-refractivity contribution in [3.05, 3.63) is 29.3 Å². The fourth-order valence-electron chi connectivity index (χ4n) is 3.03. The molecule has 98 valence electrons. The summed E-state index contributed by atoms with van der Waals surface area (Å²) < 4.78 is 10.8. The molecule has 3 nitrogen and oxygen atoms in total. The molecule has 1 aliphatic heterocycles. The molecule has 0 aromatic heterocycles. The standard InChI is InChI=1S/C15H21NO2/c1-17-13-6-5-11-3-2-4-15(14(11)9-13)16-12-7-8-18-10-12/h5-6,9,12,15-16H,2-4,7-8,10H2,1H3. The van der Waals surface area contributed by atoms with Crippen molar-refractivity contribution in [3.63, 3.8) is 0 Å². The van der Waals surface area contributed by atoms with Crippen LogP contribution in [-0.4, -0.2) is 26.4 Å². The zero-order valence-electron chi connectivity index (χ0n) is 10.9. The molecule has 0 amide bonds. The maximum absolute atomic E-state index is 5.44. The Hall–Kier alpha value is -1.06. The first kappa shape index (κ1) is 12.0. The second-order valence-electron chi connectivity index (χ2n) is 5.24. The number of aryl methyl sites for hydroxylation is 1. The molecule has 3 heteroatoms. The molecular weight excluding hydrogens is 226 g/mol. The van der Waals surface area contributed by atoms with Crippen LogP contribution in [0.4, 0.5) is 0 Å². The molecule has 3 rings (SSSR count). The normalized spacial score (nSPS) is 26.9. The summed E-state index contributed by atoms with van der Waals surface area (Å²) >= 11 is 0. The fourth-order valence-corrected chi connectivity index (χ4v) is 3.03. The third-order valence-electron chi connectivity index (χ3n) is 4.03. The smallest absolute Gasteiger partial charge is 0.119 e. The van der Waals surface area contributed by atoms with E-state index in [1.807, 2.05) is 0 Å². The van der Waals surface area contributed by atoms with E-state index in [4.69, 9.17) is 9.47 Å². The van der Waals surface area contributed by atoms with E-state index in [0.717, 1.165) is 25.4 Å². The van der Waals surface area contributed by atoms with E-state index in [0.29, 0.717) is 12.1 Å². The van der Waals surface area contributed by atoms with Crippen LogP contribution < -0.4 is 10.1 Å². The minimum atomic E-state index is 0.468. The highest BCUT2D eigenvalue weighted by Crippen LogP contribution is 2.33. The van der Waals surface area contributed by atoms with Crippen molar-refractivity contribution in [2.24, 2.45) is 0 Å². The molecule has 2 atom stereocenters. The third-order valence-corrected chi connectivity index (χ3v) is 4.03. The van der Waals surface area contributed by atoms with Crippen LogP contribution in [0.2, 0.25) is 0 Å². The van der Waals surface area contributed by atoms with Gasteiger partial charge in [0.15, 0.2) is 0 Å². The van der Waals surface area contributed by atoms with Gasteiger partial charge in [-0.15, -0.1) is 0 Å². The molecule has 0 spiro atoms. The van der Waals surface area contributed by atoms with Crippen molar-refractivity contribution in [1.82, 2.24) is 5.32 Å². The first-order valence-corrected chi connectivity index (χ1v) is 6.87. The van der Waals surface area contributed by atoms with Crippen LogP contribution in [0.15, 0.2) is 18.2 Å². The first-order valence-electron chi connectivity index (χ1n) is 6.87. The van der Waals surface area contributed by atoms with Crippen LogP contribution in [0.5, 0.6) is 5.75 Å². The molecule has 1 aromatic carbocycles. The SMILES string of the molecule is COc1ccc2c(c1)C(NC1CCOC1)CCC2. The molecule has 1 heterocycles. The van der Waals surface area contributed by atoms with Gasteiger partial charge in [-0.2, -0.15) is 0 Å². The molecule has 18 heavy (non-hydrogen) atoms. The Bertz CT molecular complexity index is 413. The van der Waals surface area contributed by atoms with Gasteiger partial charge in [0.05, 0.1) is 13.7 Å². The maximum atomic E-state index is 5.44. The minimum absolute atomic E-state index is 0.468. The summed E-state index contributed by atoms with van der Waals surface area (Å²) in [6.07, 6.45) is 4.82. The van der Waals surface area contributed by atoms with Crippen LogP contribution in [0, 0.1) is 0 Å². The summed E-state index contributed by atoms with van der Waals surface area (Å²) in [6, 6.07) is 7.47. The van der Waals surface area contributed by atoms with E-state index in [9.17, 15) is 0 Å². The molecule has 1 aromatic rings. The summed E-state index contributed by atoms with van der Waals surface area (Å²) in [7, 11) is 1.73. The van der Waals surface area contributed by atoms with Crippen LogP contribution in [0.1, 0.15) is 36.4 Å². The van der Waals surface area contributed by atoms with Crippen LogP contribution in [0.3, 0.4) is 0 Å². The number of rotatable bonds is 3. The largest absolute Gasteiger partial charge is 0.497 e. The van der Waals surface area contributed by atoms with Crippen molar-refractivity contribution < 1.29 is 9.47 Å². The Kier molecular flexibility index (Phi) is 3.52. The number of fused-ring (bicyclic) bond motifs is 1. The Morgan fingerprint density at radius 1 is 1.33 bits per heavy atom. The lowest BCUT2D eigenvalue weighted by Gasteiger charge is -2.29. The van der Waals surface area contributed by atoms with Crippen LogP contribution >= 0.6 is 0 Å². The summed E-state index contributed by atoms with van der Waals surface area (Å²) in [6.45, 7) is 1.76. The summed E-state index contributed by atoms with van der Waals surface area (Å²) in [5.74, 6) is 0.963. The molecular formula is C15H21NO2. The number of hydrogen-bond donors (Lipinski definition) is 1. The number of ether oxygens (including phenoxy) is 2. The Morgan fingerprint density at radius 3 is 3.06 bits per heavy atom. The maximum Gasteiger partial charge on any atom is 0.119 e. The molecule has 2 aliphatic rings. The molecule has 0 radical (unpaired) electrons. The van der Waals surface area contributed by atoms with Gasteiger partial charge in [0, 0.05) is 18.7 Å². The Labute approximate surface area is 108 Å². The number of methoxy groups -OCH3 is 1. The van der Waals surface area contributed by atoms with Crippen molar-refractivity contribution >= 4 is 0 Å². The fraction of sp³-hybridized carbons (Fsp3) is 0.600. The third kappa shape index (κ3) is 2.38. The second kappa shape index (κ2) is 5.29. The second-order valence-corrected chi connectivity index (χ2v) is 5.24. The van der Waals surface area contributed by atoms with Crippen molar-refractivity contribution in [3.8, 4) is 5.75 Å². The zero-order valence-corrected chi connectivity index (χ0v) is 10.9. The minimum Gasteiger partial charge on any atom is -0.497 e. The average molecular weight is 247 g/mol. The van der Waals surface area contributed by atoms with Crippen LogP contribution in [-0.2, 0) is 11.2 Å². The molecule has 1 aliphatic carbocycles. The number of benzene rings is 1. The lowest BCUT2D eigenvalue weighted by molar-refractivity contribution is 0.187. The van der Waals surface area contributed by atoms with Gasteiger partial charge in [-0.25, -0.2) is 0 Å². The lowest BCUT2D eigenvalue weighted by Crippen LogP contribution is -2.34. The molecule has 2 unspecified atom stereocenters. The summed E-state index contributed by atoms with van der Waals surface area (Å²) in [4.78, 5) is 0. The van der Waals surface area contributed by atoms with Gasteiger partial charge < -0.3 is 14.8 Å². The highest BCUT2D eigenvalue weighted by molar-refractivity contribution is 5.39. The van der Waals surface area contributed by atoms with Crippen molar-refractivity contribution in [2.75, 3.05) is 20.3 Å². The van der Waals surface area contributed by atoms with Crippen molar-refractivity contribution in [2.45, 2.75) is 37.8 Å². The molecule has 0 saturated carbocycles. The number of hydrogen-bond acceptors (Lipinski definition) is 3. The van der Waals surface area contributed by atoms with Gasteiger partial charge in [-0.1, -0.05) is 6.07 Å². The van der Waals surface area contributed by atoms with Gasteiger partial charge in [0.2, 0.25) is 0 Å². The predicted molar refractivity (Wildman–Crippen MR) is 71.0 cm³/mol. The van der Waals surface area contributed by atoms with Crippen LogP contribution in [0.25, 0.3) is 0 Å². The van der Waals surface area contributed by atoms with E-state index >= 15 is 0 Å². The predicted octanol–water partition coefficient (Wildman–Crippen LogP) is 2.45. The molecule has 1 N–H and O–H groups in total. The highest BCUT2D eigenvalue weighted by atomic mass is 16.5. The van der Waals surface area contributed by atoms with E-state index < -0.39 is 0 Å². The Balaban J connectivity index is 1.80. The van der Waals surface area contributed by atoms with E-state index in [1.165, 1.54) is 30.4 Å². The van der Waals surface area contributed by atoms with E-state index in [1.54, 1.807) is 7.11 Å². The Morgan fingerprint density at radius 2 is 2.28 bits per heavy atom. The van der Waals surface area contributed by atoms with Gasteiger partial charge in [-0.05, 0) is 48.9 Å². The monoisotopic (exact) mass is 247 g/mol. The molecule has 1 saturated heterocycles. The van der Waals surface area contributed by atoms with Gasteiger partial charge >= 0.3 is 0 Å². The van der Waals surface area contributed by atoms with E-state index in [-0.39, 0.29) is 0 Å². The molecule has 1 fully saturated rings. The van der Waals surface area contributed by atoms with Gasteiger partial charge in [-0.3, -0.25) is 0 Å². The topological polar surface area (TPSA) is 30.5 Å². The summed E-state index contributed by atoms with van der Waals surface area (Å²) in [5.41, 5.74) is 2.89.